The Morgan fingerprint density at radius 2 is 1.77 bits per heavy atom. The fourth-order valence-electron chi connectivity index (χ4n) is 3.04. The average molecular weight is 288 g/mol. The van der Waals surface area contributed by atoms with Crippen molar-refractivity contribution in [3.63, 3.8) is 0 Å². The summed E-state index contributed by atoms with van der Waals surface area (Å²) in [5.41, 5.74) is 4.72. The van der Waals surface area contributed by atoms with Gasteiger partial charge in [0.1, 0.15) is 5.75 Å². The Balaban J connectivity index is 1.99. The maximum Gasteiger partial charge on any atom is 0.119 e. The second-order valence-corrected chi connectivity index (χ2v) is 5.42. The van der Waals surface area contributed by atoms with Gasteiger partial charge in [-0.2, -0.15) is 0 Å². The molecule has 4 rings (SSSR count). The molecule has 0 saturated carbocycles. The molecule has 0 aliphatic carbocycles. The Hall–Kier alpha value is -2.81. The maximum atomic E-state index is 5.33. The molecule has 108 valence electrons. The minimum atomic E-state index is 0.875. The molecule has 2 heterocycles. The van der Waals surface area contributed by atoms with Crippen LogP contribution < -0.4 is 4.74 Å². The van der Waals surface area contributed by atoms with Crippen molar-refractivity contribution in [2.45, 2.75) is 0 Å². The van der Waals surface area contributed by atoms with Crippen LogP contribution in [0.3, 0.4) is 0 Å². The normalized spacial score (nSPS) is 11.2. The van der Waals surface area contributed by atoms with Gasteiger partial charge in [-0.3, -0.25) is 4.98 Å². The van der Waals surface area contributed by atoms with E-state index < -0.39 is 0 Å². The zero-order valence-electron chi connectivity index (χ0n) is 12.6. The van der Waals surface area contributed by atoms with Crippen molar-refractivity contribution in [2.24, 2.45) is 7.05 Å². The highest BCUT2D eigenvalue weighted by molar-refractivity contribution is 6.08. The fraction of sp³-hybridized carbons (Fsp3) is 0.105. The van der Waals surface area contributed by atoms with Gasteiger partial charge in [-0.15, -0.1) is 0 Å². The Kier molecular flexibility index (Phi) is 2.86. The molecule has 0 aliphatic rings. The number of hydrogen-bond acceptors (Lipinski definition) is 2. The molecule has 0 atom stereocenters. The zero-order chi connectivity index (χ0) is 15.1. The molecular formula is C19H16N2O. The molecule has 22 heavy (non-hydrogen) atoms. The Morgan fingerprint density at radius 3 is 2.64 bits per heavy atom. The Bertz CT molecular complexity index is 985. The molecule has 0 radical (unpaired) electrons. The average Bonchev–Trinajstić information content (AvgIpc) is 2.88. The van der Waals surface area contributed by atoms with Crippen molar-refractivity contribution < 1.29 is 4.74 Å². The van der Waals surface area contributed by atoms with Crippen molar-refractivity contribution >= 4 is 21.8 Å². The molecule has 0 spiro atoms. The zero-order valence-corrected chi connectivity index (χ0v) is 12.6. The largest absolute Gasteiger partial charge is 0.497 e. The van der Waals surface area contributed by atoms with E-state index >= 15 is 0 Å². The summed E-state index contributed by atoms with van der Waals surface area (Å²) in [5.74, 6) is 0.875. The molecule has 2 aromatic heterocycles. The number of methoxy groups -OCH3 is 1. The van der Waals surface area contributed by atoms with Gasteiger partial charge < -0.3 is 9.30 Å². The first-order valence-corrected chi connectivity index (χ1v) is 7.24. The highest BCUT2D eigenvalue weighted by Gasteiger charge is 2.09. The number of aromatic nitrogens is 2. The molecule has 2 aromatic carbocycles. The van der Waals surface area contributed by atoms with Crippen LogP contribution in [0.15, 0.2) is 60.9 Å². The van der Waals surface area contributed by atoms with Crippen molar-refractivity contribution in [1.29, 1.82) is 0 Å². The lowest BCUT2D eigenvalue weighted by atomic mass is 10.0. The summed E-state index contributed by atoms with van der Waals surface area (Å²) in [6.45, 7) is 0. The van der Waals surface area contributed by atoms with Crippen LogP contribution in [0.5, 0.6) is 5.75 Å². The van der Waals surface area contributed by atoms with Crippen LogP contribution in [-0.2, 0) is 7.05 Å². The highest BCUT2D eigenvalue weighted by atomic mass is 16.5. The number of hydrogen-bond donors (Lipinski definition) is 0. The number of rotatable bonds is 2. The minimum Gasteiger partial charge on any atom is -0.497 e. The SMILES string of the molecule is COc1cccc(-c2ccc3c(c2)c2ccncc2n3C)c1. The van der Waals surface area contributed by atoms with Gasteiger partial charge in [0.2, 0.25) is 0 Å². The molecule has 0 aliphatic heterocycles. The fourth-order valence-corrected chi connectivity index (χ4v) is 3.04. The van der Waals surface area contributed by atoms with Crippen LogP contribution in [0.4, 0.5) is 0 Å². The maximum absolute atomic E-state index is 5.33. The minimum absolute atomic E-state index is 0.875. The van der Waals surface area contributed by atoms with Gasteiger partial charge in [-0.05, 0) is 41.5 Å². The molecule has 0 bridgehead atoms. The number of fused-ring (bicyclic) bond motifs is 3. The van der Waals surface area contributed by atoms with Gasteiger partial charge in [0.25, 0.3) is 0 Å². The van der Waals surface area contributed by atoms with Crippen molar-refractivity contribution in [2.75, 3.05) is 7.11 Å². The topological polar surface area (TPSA) is 27.1 Å². The van der Waals surface area contributed by atoms with Crippen molar-refractivity contribution in [3.8, 4) is 16.9 Å². The van der Waals surface area contributed by atoms with Crippen molar-refractivity contribution in [1.82, 2.24) is 9.55 Å². The summed E-state index contributed by atoms with van der Waals surface area (Å²) in [5, 5.41) is 2.48. The molecule has 3 heteroatoms. The van der Waals surface area contributed by atoms with E-state index in [-0.39, 0.29) is 0 Å². The molecule has 0 unspecified atom stereocenters. The molecule has 3 nitrogen and oxygen atoms in total. The third-order valence-corrected chi connectivity index (χ3v) is 4.21. The Morgan fingerprint density at radius 1 is 0.909 bits per heavy atom. The molecule has 0 fully saturated rings. The number of ether oxygens (including phenoxy) is 1. The summed E-state index contributed by atoms with van der Waals surface area (Å²) in [7, 11) is 3.78. The van der Waals surface area contributed by atoms with Gasteiger partial charge in [0, 0.05) is 29.5 Å². The number of benzene rings is 2. The van der Waals surface area contributed by atoms with E-state index in [2.05, 4.69) is 53.0 Å². The predicted octanol–water partition coefficient (Wildman–Crippen LogP) is 4.40. The van der Waals surface area contributed by atoms with E-state index in [1.54, 1.807) is 7.11 Å². The van der Waals surface area contributed by atoms with Crippen LogP contribution in [0.1, 0.15) is 0 Å². The van der Waals surface area contributed by atoms with Crippen LogP contribution in [0.2, 0.25) is 0 Å². The molecule has 4 aromatic rings. The van der Waals surface area contributed by atoms with Gasteiger partial charge in [0.15, 0.2) is 0 Å². The lowest BCUT2D eigenvalue weighted by molar-refractivity contribution is 0.415. The second kappa shape index (κ2) is 4.88. The molecule has 0 saturated heterocycles. The van der Waals surface area contributed by atoms with E-state index in [0.29, 0.717) is 0 Å². The second-order valence-electron chi connectivity index (χ2n) is 5.42. The Labute approximate surface area is 128 Å². The van der Waals surface area contributed by atoms with E-state index in [1.807, 2.05) is 24.5 Å². The number of pyridine rings is 1. The highest BCUT2D eigenvalue weighted by Crippen LogP contribution is 2.32. The van der Waals surface area contributed by atoms with Crippen LogP contribution in [0.25, 0.3) is 32.9 Å². The number of nitrogens with zero attached hydrogens (tertiary/aromatic N) is 2. The monoisotopic (exact) mass is 288 g/mol. The van der Waals surface area contributed by atoms with E-state index in [4.69, 9.17) is 4.74 Å². The van der Waals surface area contributed by atoms with Gasteiger partial charge in [0.05, 0.1) is 18.8 Å². The lowest BCUT2D eigenvalue weighted by Crippen LogP contribution is -1.87. The first-order valence-electron chi connectivity index (χ1n) is 7.24. The van der Waals surface area contributed by atoms with Gasteiger partial charge >= 0.3 is 0 Å². The first kappa shape index (κ1) is 12.9. The standard InChI is InChI=1S/C19H16N2O/c1-21-18-7-6-14(13-4-3-5-15(10-13)22-2)11-17(18)16-8-9-20-12-19(16)21/h3-12H,1-2H3. The predicted molar refractivity (Wildman–Crippen MR) is 90.2 cm³/mol. The van der Waals surface area contributed by atoms with E-state index in [9.17, 15) is 0 Å². The lowest BCUT2D eigenvalue weighted by Gasteiger charge is -2.05. The summed E-state index contributed by atoms with van der Waals surface area (Å²) in [6.07, 6.45) is 3.76. The van der Waals surface area contributed by atoms with E-state index in [1.165, 1.54) is 21.9 Å². The van der Waals surface area contributed by atoms with E-state index in [0.717, 1.165) is 16.8 Å². The smallest absolute Gasteiger partial charge is 0.119 e. The van der Waals surface area contributed by atoms with Crippen LogP contribution >= 0.6 is 0 Å². The van der Waals surface area contributed by atoms with Gasteiger partial charge in [-0.25, -0.2) is 0 Å². The summed E-state index contributed by atoms with van der Waals surface area (Å²) >= 11 is 0. The molecule has 0 amide bonds. The van der Waals surface area contributed by atoms with Crippen molar-refractivity contribution in [3.05, 3.63) is 60.9 Å². The van der Waals surface area contributed by atoms with Gasteiger partial charge in [-0.1, -0.05) is 18.2 Å². The third-order valence-electron chi connectivity index (χ3n) is 4.21. The summed E-state index contributed by atoms with van der Waals surface area (Å²) in [4.78, 5) is 4.23. The number of aryl methyl sites for hydroxylation is 1. The van der Waals surface area contributed by atoms with Crippen LogP contribution in [0, 0.1) is 0 Å². The summed E-state index contributed by atoms with van der Waals surface area (Å²) < 4.78 is 7.51. The molecule has 0 N–H and O–H groups in total. The van der Waals surface area contributed by atoms with Crippen LogP contribution in [-0.4, -0.2) is 16.7 Å². The molecular weight excluding hydrogens is 272 g/mol. The quantitative estimate of drug-likeness (QED) is 0.546. The third kappa shape index (κ3) is 1.86. The first-order chi connectivity index (χ1) is 10.8. The summed E-state index contributed by atoms with van der Waals surface area (Å²) in [6, 6.07) is 16.8.